The molecule has 0 spiro atoms. The first kappa shape index (κ1) is 15.9. The summed E-state index contributed by atoms with van der Waals surface area (Å²) in [5, 5.41) is 10.6. The molecule has 20 heavy (non-hydrogen) atoms. The lowest BCUT2D eigenvalue weighted by Gasteiger charge is -2.25. The number of amides is 1. The highest BCUT2D eigenvalue weighted by atomic mass is 19.2. The Morgan fingerprint density at radius 1 is 1.45 bits per heavy atom. The molecule has 1 rings (SSSR count). The zero-order valence-electron chi connectivity index (χ0n) is 11.8. The summed E-state index contributed by atoms with van der Waals surface area (Å²) in [5.41, 5.74) is -0.663. The molecular formula is C13H17FN2O4. The van der Waals surface area contributed by atoms with E-state index in [1.807, 2.05) is 0 Å². The fourth-order valence-corrected chi connectivity index (χ4v) is 1.49. The number of hydrogen-bond acceptors (Lipinski definition) is 4. The van der Waals surface area contributed by atoms with Crippen molar-refractivity contribution in [3.63, 3.8) is 0 Å². The fraction of sp³-hybridized carbons (Fsp3) is 0.462. The van der Waals surface area contributed by atoms with E-state index in [0.717, 1.165) is 0 Å². The van der Waals surface area contributed by atoms with E-state index in [4.69, 9.17) is 4.74 Å². The minimum absolute atomic E-state index is 0.0791. The predicted molar refractivity (Wildman–Crippen MR) is 70.7 cm³/mol. The van der Waals surface area contributed by atoms with Gasteiger partial charge in [-0.3, -0.25) is 10.1 Å². The molecule has 1 atom stereocenters. The van der Waals surface area contributed by atoms with Crippen LogP contribution in [0.4, 0.5) is 15.0 Å². The quantitative estimate of drug-likeness (QED) is 0.481. The number of nitrogens with zero attached hydrogens (tertiary/aromatic N) is 2. The molecule has 0 aromatic heterocycles. The number of rotatable bonds is 3. The van der Waals surface area contributed by atoms with Crippen molar-refractivity contribution in [1.82, 2.24) is 5.12 Å². The Kier molecular flexibility index (Phi) is 4.65. The molecule has 6 nitrogen and oxygen atoms in total. The van der Waals surface area contributed by atoms with Gasteiger partial charge in [0.2, 0.25) is 0 Å². The van der Waals surface area contributed by atoms with Gasteiger partial charge in [-0.1, -0.05) is 16.6 Å². The Hall–Kier alpha value is -2.18. The number of nitro benzene ring substituents is 1. The molecule has 0 aliphatic carbocycles. The van der Waals surface area contributed by atoms with Gasteiger partial charge in [-0.05, 0) is 33.3 Å². The molecule has 0 aliphatic rings. The van der Waals surface area contributed by atoms with Crippen LogP contribution in [-0.2, 0) is 4.74 Å². The number of carbonyl (C=O) groups is 1. The molecule has 7 heteroatoms. The number of ether oxygens (including phenoxy) is 1. The average Bonchev–Trinajstić information content (AvgIpc) is 2.35. The van der Waals surface area contributed by atoms with Gasteiger partial charge in [0.1, 0.15) is 5.60 Å². The van der Waals surface area contributed by atoms with Gasteiger partial charge in [-0.15, -0.1) is 5.12 Å². The van der Waals surface area contributed by atoms with E-state index < -0.39 is 22.7 Å². The third kappa shape index (κ3) is 4.18. The molecule has 0 heterocycles. The van der Waals surface area contributed by atoms with Crippen LogP contribution in [0.2, 0.25) is 0 Å². The summed E-state index contributed by atoms with van der Waals surface area (Å²) >= 11 is 0. The molecular weight excluding hydrogens is 267 g/mol. The molecule has 0 aliphatic heterocycles. The SMILES string of the molecule is CC(c1cccc([N+](=O)[O-])c1)N(F)C(=O)OC(C)(C)C. The van der Waals surface area contributed by atoms with Gasteiger partial charge >= 0.3 is 6.09 Å². The van der Waals surface area contributed by atoms with E-state index in [9.17, 15) is 19.4 Å². The van der Waals surface area contributed by atoms with Gasteiger partial charge in [0.15, 0.2) is 0 Å². The van der Waals surface area contributed by atoms with Crippen LogP contribution in [-0.4, -0.2) is 21.7 Å². The Labute approximate surface area is 116 Å². The van der Waals surface area contributed by atoms with Crippen molar-refractivity contribution in [3.05, 3.63) is 39.9 Å². The van der Waals surface area contributed by atoms with Gasteiger partial charge in [-0.2, -0.15) is 0 Å². The van der Waals surface area contributed by atoms with Crippen LogP contribution in [0.3, 0.4) is 0 Å². The number of halogens is 1. The first-order chi connectivity index (χ1) is 9.11. The number of hydrogen-bond donors (Lipinski definition) is 0. The normalized spacial score (nSPS) is 12.7. The molecule has 1 amide bonds. The maximum Gasteiger partial charge on any atom is 0.439 e. The van der Waals surface area contributed by atoms with E-state index in [-0.39, 0.29) is 10.8 Å². The predicted octanol–water partition coefficient (Wildman–Crippen LogP) is 3.78. The maximum absolute atomic E-state index is 13.9. The van der Waals surface area contributed by atoms with Crippen LogP contribution >= 0.6 is 0 Å². The van der Waals surface area contributed by atoms with Gasteiger partial charge in [0.05, 0.1) is 11.0 Å². The zero-order valence-corrected chi connectivity index (χ0v) is 11.8. The topological polar surface area (TPSA) is 72.7 Å². The van der Waals surface area contributed by atoms with Crippen molar-refractivity contribution < 1.29 is 18.9 Å². The minimum Gasteiger partial charge on any atom is -0.442 e. The molecule has 0 fully saturated rings. The third-order valence-corrected chi connectivity index (χ3v) is 2.47. The van der Waals surface area contributed by atoms with Crippen LogP contribution in [0, 0.1) is 10.1 Å². The van der Waals surface area contributed by atoms with E-state index in [2.05, 4.69) is 0 Å². The molecule has 0 bridgehead atoms. The van der Waals surface area contributed by atoms with Crippen LogP contribution in [0.5, 0.6) is 0 Å². The minimum atomic E-state index is -1.13. The second-order valence-corrected chi connectivity index (χ2v) is 5.32. The molecule has 1 aromatic rings. The van der Waals surface area contributed by atoms with Gasteiger partial charge < -0.3 is 4.74 Å². The van der Waals surface area contributed by atoms with Crippen LogP contribution in [0.15, 0.2) is 24.3 Å². The average molecular weight is 284 g/mol. The zero-order chi connectivity index (χ0) is 15.5. The lowest BCUT2D eigenvalue weighted by molar-refractivity contribution is -0.385. The molecule has 0 radical (unpaired) electrons. The van der Waals surface area contributed by atoms with Gasteiger partial charge in [0, 0.05) is 12.1 Å². The number of nitro groups is 1. The first-order valence-electron chi connectivity index (χ1n) is 6.04. The van der Waals surface area contributed by atoms with Crippen LogP contribution in [0.25, 0.3) is 0 Å². The van der Waals surface area contributed by atoms with Gasteiger partial charge in [0.25, 0.3) is 5.69 Å². The Morgan fingerprint density at radius 2 is 2.05 bits per heavy atom. The molecule has 1 aromatic carbocycles. The van der Waals surface area contributed by atoms with Crippen molar-refractivity contribution >= 4 is 11.8 Å². The summed E-state index contributed by atoms with van der Waals surface area (Å²) in [7, 11) is 0. The molecule has 1 unspecified atom stereocenters. The van der Waals surface area contributed by atoms with Crippen LogP contribution < -0.4 is 0 Å². The smallest absolute Gasteiger partial charge is 0.439 e. The summed E-state index contributed by atoms with van der Waals surface area (Å²) in [6.45, 7) is 6.28. The largest absolute Gasteiger partial charge is 0.442 e. The Morgan fingerprint density at radius 3 is 2.55 bits per heavy atom. The van der Waals surface area contributed by atoms with E-state index >= 15 is 0 Å². The fourth-order valence-electron chi connectivity index (χ4n) is 1.49. The molecule has 0 saturated heterocycles. The first-order valence-corrected chi connectivity index (χ1v) is 6.04. The van der Waals surface area contributed by atoms with Crippen LogP contribution in [0.1, 0.15) is 39.3 Å². The monoisotopic (exact) mass is 284 g/mol. The maximum atomic E-state index is 13.9. The highest BCUT2D eigenvalue weighted by Crippen LogP contribution is 2.25. The van der Waals surface area contributed by atoms with E-state index in [1.165, 1.54) is 31.2 Å². The highest BCUT2D eigenvalue weighted by molar-refractivity contribution is 5.67. The van der Waals surface area contributed by atoms with E-state index in [1.54, 1.807) is 20.8 Å². The second kappa shape index (κ2) is 5.85. The van der Waals surface area contributed by atoms with Crippen molar-refractivity contribution in [3.8, 4) is 0 Å². The number of non-ortho nitro benzene ring substituents is 1. The summed E-state index contributed by atoms with van der Waals surface area (Å²) in [4.78, 5) is 21.7. The summed E-state index contributed by atoms with van der Waals surface area (Å²) in [6, 6.07) is 4.49. The van der Waals surface area contributed by atoms with Crippen molar-refractivity contribution in [2.24, 2.45) is 0 Å². The van der Waals surface area contributed by atoms with E-state index in [0.29, 0.717) is 5.56 Å². The van der Waals surface area contributed by atoms with Crippen molar-refractivity contribution in [1.29, 1.82) is 0 Å². The standard InChI is InChI=1S/C13H17FN2O4/c1-9(15(14)12(17)20-13(2,3)4)10-6-5-7-11(8-10)16(18)19/h5-9H,1-4H3. The molecule has 0 N–H and O–H groups in total. The lowest BCUT2D eigenvalue weighted by atomic mass is 10.1. The third-order valence-electron chi connectivity index (χ3n) is 2.47. The summed E-state index contributed by atoms with van der Waals surface area (Å²) in [6.07, 6.45) is -1.13. The number of benzene rings is 1. The highest BCUT2D eigenvalue weighted by Gasteiger charge is 2.27. The Bertz CT molecular complexity index is 513. The number of carbonyl (C=O) groups excluding carboxylic acids is 1. The van der Waals surface area contributed by atoms with Crippen molar-refractivity contribution in [2.75, 3.05) is 0 Å². The van der Waals surface area contributed by atoms with Gasteiger partial charge in [-0.25, -0.2) is 4.79 Å². The second-order valence-electron chi connectivity index (χ2n) is 5.32. The lowest BCUT2D eigenvalue weighted by Crippen LogP contribution is -2.33. The molecule has 110 valence electrons. The van der Waals surface area contributed by atoms with Crippen molar-refractivity contribution in [2.45, 2.75) is 39.3 Å². The summed E-state index contributed by atoms with van der Waals surface area (Å²) in [5.74, 6) is 0. The summed E-state index contributed by atoms with van der Waals surface area (Å²) < 4.78 is 18.8. The Balaban J connectivity index is 2.88. The molecule has 0 saturated carbocycles.